The molecule has 0 aromatic heterocycles. The first kappa shape index (κ1) is 14.0. The van der Waals surface area contributed by atoms with Crippen molar-refractivity contribution in [1.82, 2.24) is 4.72 Å². The molecule has 1 unspecified atom stereocenters. The molecule has 0 saturated heterocycles. The maximum atomic E-state index is 12.3. The number of alkyl halides is 2. The summed E-state index contributed by atoms with van der Waals surface area (Å²) in [5.41, 5.74) is 4.77. The van der Waals surface area contributed by atoms with E-state index in [-0.39, 0.29) is 6.54 Å². The van der Waals surface area contributed by atoms with Gasteiger partial charge >= 0.3 is 5.76 Å². The van der Waals surface area contributed by atoms with Crippen molar-refractivity contribution in [3.63, 3.8) is 0 Å². The van der Waals surface area contributed by atoms with Crippen molar-refractivity contribution in [3.05, 3.63) is 35.9 Å². The van der Waals surface area contributed by atoms with Crippen molar-refractivity contribution in [3.8, 4) is 0 Å². The molecule has 0 spiro atoms. The van der Waals surface area contributed by atoms with Crippen LogP contribution in [0.15, 0.2) is 30.3 Å². The highest BCUT2D eigenvalue weighted by Crippen LogP contribution is 2.21. The van der Waals surface area contributed by atoms with Gasteiger partial charge in [-0.25, -0.2) is 8.42 Å². The summed E-state index contributed by atoms with van der Waals surface area (Å²) in [7, 11) is -4.68. The summed E-state index contributed by atoms with van der Waals surface area (Å²) in [5, 5.41) is 0. The summed E-state index contributed by atoms with van der Waals surface area (Å²) in [6.45, 7) is 1.34. The summed E-state index contributed by atoms with van der Waals surface area (Å²) in [6.07, 6.45) is 0. The lowest BCUT2D eigenvalue weighted by Gasteiger charge is -2.29. The average Bonchev–Trinajstić information content (AvgIpc) is 2.29. The van der Waals surface area contributed by atoms with Gasteiger partial charge in [-0.3, -0.25) is 0 Å². The van der Waals surface area contributed by atoms with Crippen molar-refractivity contribution in [2.45, 2.75) is 18.2 Å². The van der Waals surface area contributed by atoms with Gasteiger partial charge in [-0.2, -0.15) is 13.5 Å². The molecule has 0 aliphatic rings. The van der Waals surface area contributed by atoms with Gasteiger partial charge < -0.3 is 5.73 Å². The Balaban J connectivity index is 3.07. The SMILES string of the molecule is CC(CN)(NS(=O)(=O)C(F)F)c1ccccc1. The Labute approximate surface area is 98.9 Å². The van der Waals surface area contributed by atoms with Crippen molar-refractivity contribution in [2.24, 2.45) is 5.73 Å². The summed E-state index contributed by atoms with van der Waals surface area (Å²) < 4.78 is 48.9. The number of hydrogen-bond donors (Lipinski definition) is 2. The third-order valence-corrected chi connectivity index (χ3v) is 3.63. The van der Waals surface area contributed by atoms with E-state index in [1.165, 1.54) is 6.92 Å². The molecule has 17 heavy (non-hydrogen) atoms. The molecule has 0 fully saturated rings. The maximum absolute atomic E-state index is 12.3. The van der Waals surface area contributed by atoms with Gasteiger partial charge in [0.25, 0.3) is 10.0 Å². The second-order valence-electron chi connectivity index (χ2n) is 3.81. The zero-order valence-electron chi connectivity index (χ0n) is 9.23. The van der Waals surface area contributed by atoms with Gasteiger partial charge in [0.1, 0.15) is 0 Å². The number of nitrogens with two attached hydrogens (primary N) is 1. The standard InChI is InChI=1S/C10H14F2N2O2S/c1-10(7-13,8-5-3-2-4-6-8)14-17(15,16)9(11)12/h2-6,9,14H,7,13H2,1H3. The molecule has 3 N–H and O–H groups in total. The van der Waals surface area contributed by atoms with Crippen LogP contribution in [0.1, 0.15) is 12.5 Å². The second-order valence-corrected chi connectivity index (χ2v) is 5.46. The van der Waals surface area contributed by atoms with Gasteiger partial charge in [0.2, 0.25) is 0 Å². The molecule has 1 aromatic carbocycles. The molecule has 7 heteroatoms. The Morgan fingerprint density at radius 3 is 2.29 bits per heavy atom. The molecule has 0 amide bonds. The topological polar surface area (TPSA) is 72.2 Å². The summed E-state index contributed by atoms with van der Waals surface area (Å²) >= 11 is 0. The van der Waals surface area contributed by atoms with Gasteiger partial charge in [-0.15, -0.1) is 0 Å². The van der Waals surface area contributed by atoms with Crippen LogP contribution in [-0.2, 0) is 15.6 Å². The lowest BCUT2D eigenvalue weighted by molar-refractivity contribution is 0.228. The molecule has 0 radical (unpaired) electrons. The molecule has 0 aliphatic heterocycles. The van der Waals surface area contributed by atoms with Crippen LogP contribution in [0.3, 0.4) is 0 Å². The Bertz CT molecular complexity index is 464. The van der Waals surface area contributed by atoms with E-state index in [1.54, 1.807) is 30.3 Å². The lowest BCUT2D eigenvalue weighted by Crippen LogP contribution is -2.50. The molecule has 0 saturated carbocycles. The third-order valence-electron chi connectivity index (χ3n) is 2.42. The molecular weight excluding hydrogens is 250 g/mol. The highest BCUT2D eigenvalue weighted by atomic mass is 32.2. The number of hydrogen-bond acceptors (Lipinski definition) is 3. The van der Waals surface area contributed by atoms with Crippen LogP contribution in [0.5, 0.6) is 0 Å². The zero-order valence-corrected chi connectivity index (χ0v) is 10.0. The lowest BCUT2D eigenvalue weighted by atomic mass is 9.94. The summed E-state index contributed by atoms with van der Waals surface area (Å²) in [6, 6.07) is 8.35. The first-order valence-corrected chi connectivity index (χ1v) is 6.43. The summed E-state index contributed by atoms with van der Waals surface area (Å²) in [5.74, 6) is -3.47. The van der Waals surface area contributed by atoms with Crippen molar-refractivity contribution in [2.75, 3.05) is 6.54 Å². The Hall–Kier alpha value is -1.05. The predicted molar refractivity (Wildman–Crippen MR) is 60.9 cm³/mol. The maximum Gasteiger partial charge on any atom is 0.350 e. The van der Waals surface area contributed by atoms with Crippen molar-refractivity contribution in [1.29, 1.82) is 0 Å². The van der Waals surface area contributed by atoms with Crippen LogP contribution in [0.25, 0.3) is 0 Å². The molecule has 1 atom stereocenters. The molecule has 0 aliphatic carbocycles. The molecule has 4 nitrogen and oxygen atoms in total. The fourth-order valence-corrected chi connectivity index (χ4v) is 2.30. The fourth-order valence-electron chi connectivity index (χ4n) is 1.38. The van der Waals surface area contributed by atoms with Gasteiger partial charge in [0, 0.05) is 6.54 Å². The first-order valence-electron chi connectivity index (χ1n) is 4.88. The van der Waals surface area contributed by atoms with Crippen LogP contribution in [0.4, 0.5) is 8.78 Å². The fraction of sp³-hybridized carbons (Fsp3) is 0.400. The van der Waals surface area contributed by atoms with E-state index >= 15 is 0 Å². The van der Waals surface area contributed by atoms with Crippen LogP contribution in [-0.4, -0.2) is 20.7 Å². The van der Waals surface area contributed by atoms with E-state index in [4.69, 9.17) is 5.73 Å². The molecular formula is C10H14F2N2O2S. The van der Waals surface area contributed by atoms with Gasteiger partial charge in [-0.05, 0) is 12.5 Å². The highest BCUT2D eigenvalue weighted by molar-refractivity contribution is 7.89. The Morgan fingerprint density at radius 2 is 1.88 bits per heavy atom. The van der Waals surface area contributed by atoms with Crippen LogP contribution >= 0.6 is 0 Å². The zero-order chi connectivity index (χ0) is 13.1. The molecule has 0 bridgehead atoms. The van der Waals surface area contributed by atoms with E-state index in [9.17, 15) is 17.2 Å². The van der Waals surface area contributed by atoms with E-state index < -0.39 is 21.3 Å². The van der Waals surface area contributed by atoms with E-state index in [1.807, 2.05) is 4.72 Å². The quantitative estimate of drug-likeness (QED) is 0.833. The monoisotopic (exact) mass is 264 g/mol. The van der Waals surface area contributed by atoms with Gasteiger partial charge in [0.15, 0.2) is 0 Å². The normalized spacial score (nSPS) is 15.8. The van der Waals surface area contributed by atoms with E-state index in [0.29, 0.717) is 5.56 Å². The Morgan fingerprint density at radius 1 is 1.35 bits per heavy atom. The minimum Gasteiger partial charge on any atom is -0.328 e. The van der Waals surface area contributed by atoms with Crippen LogP contribution < -0.4 is 10.5 Å². The largest absolute Gasteiger partial charge is 0.350 e. The van der Waals surface area contributed by atoms with Crippen LogP contribution in [0, 0.1) is 0 Å². The molecule has 0 heterocycles. The van der Waals surface area contributed by atoms with E-state index in [0.717, 1.165) is 0 Å². The van der Waals surface area contributed by atoms with Gasteiger partial charge in [-0.1, -0.05) is 30.3 Å². The highest BCUT2D eigenvalue weighted by Gasteiger charge is 2.35. The summed E-state index contributed by atoms with van der Waals surface area (Å²) in [4.78, 5) is 0. The molecule has 1 rings (SSSR count). The third kappa shape index (κ3) is 3.21. The van der Waals surface area contributed by atoms with Crippen molar-refractivity contribution < 1.29 is 17.2 Å². The smallest absolute Gasteiger partial charge is 0.328 e. The average molecular weight is 264 g/mol. The predicted octanol–water partition coefficient (Wildman–Crippen LogP) is 1.00. The number of sulfonamides is 1. The molecule has 96 valence electrons. The van der Waals surface area contributed by atoms with E-state index in [2.05, 4.69) is 0 Å². The Kier molecular flexibility index (Phi) is 4.18. The number of rotatable bonds is 5. The number of nitrogens with one attached hydrogen (secondary N) is 1. The minimum absolute atomic E-state index is 0.122. The molecule has 1 aromatic rings. The number of halogens is 2. The number of benzene rings is 1. The van der Waals surface area contributed by atoms with Crippen LogP contribution in [0.2, 0.25) is 0 Å². The van der Waals surface area contributed by atoms with Gasteiger partial charge in [0.05, 0.1) is 5.54 Å². The second kappa shape index (κ2) is 5.07. The van der Waals surface area contributed by atoms with Crippen molar-refractivity contribution >= 4 is 10.0 Å². The first-order chi connectivity index (χ1) is 7.82. The minimum atomic E-state index is -4.68.